The van der Waals surface area contributed by atoms with Crippen LogP contribution in [0.2, 0.25) is 5.02 Å². The Kier molecular flexibility index (Phi) is 8.83. The molecule has 2 N–H and O–H groups in total. The molecule has 3 aromatic carbocycles. The summed E-state index contributed by atoms with van der Waals surface area (Å²) in [4.78, 5) is 30.2. The van der Waals surface area contributed by atoms with Gasteiger partial charge in [-0.25, -0.2) is 4.98 Å². The topological polar surface area (TPSA) is 101 Å². The van der Waals surface area contributed by atoms with Crippen molar-refractivity contribution in [2.45, 2.75) is 25.9 Å². The van der Waals surface area contributed by atoms with E-state index in [1.165, 1.54) is 0 Å². The highest BCUT2D eigenvalue weighted by atomic mass is 35.5. The van der Waals surface area contributed by atoms with Gasteiger partial charge in [0.1, 0.15) is 0 Å². The molecule has 0 spiro atoms. The SMILES string of the molecule is O=C(O)CCNC(=O)c1ccc(CN(Cc2ccccc2Cl)c2nc(-c3ccc4c(c3)OCCCO4)cs2)cc1. The minimum Gasteiger partial charge on any atom is -0.490 e. The third-order valence-electron chi connectivity index (χ3n) is 6.34. The van der Waals surface area contributed by atoms with E-state index in [1.807, 2.05) is 60.0 Å². The molecule has 2 heterocycles. The van der Waals surface area contributed by atoms with E-state index in [4.69, 9.17) is 31.2 Å². The van der Waals surface area contributed by atoms with Crippen LogP contribution in [-0.4, -0.2) is 41.7 Å². The molecule has 8 nitrogen and oxygen atoms in total. The van der Waals surface area contributed by atoms with E-state index in [2.05, 4.69) is 10.2 Å². The number of fused-ring (bicyclic) bond motifs is 1. The van der Waals surface area contributed by atoms with Gasteiger partial charge in [-0.1, -0.05) is 41.9 Å². The molecule has 0 radical (unpaired) electrons. The van der Waals surface area contributed by atoms with Gasteiger partial charge in [0, 0.05) is 47.6 Å². The summed E-state index contributed by atoms with van der Waals surface area (Å²) in [5.41, 5.74) is 4.22. The number of ether oxygens (including phenoxy) is 2. The lowest BCUT2D eigenvalue weighted by molar-refractivity contribution is -0.136. The van der Waals surface area contributed by atoms with Crippen LogP contribution in [0.15, 0.2) is 72.1 Å². The number of hydrogen-bond acceptors (Lipinski definition) is 7. The smallest absolute Gasteiger partial charge is 0.305 e. The molecule has 10 heteroatoms. The normalized spacial score (nSPS) is 12.4. The predicted octanol–water partition coefficient (Wildman–Crippen LogP) is 6.04. The van der Waals surface area contributed by atoms with E-state index in [9.17, 15) is 9.59 Å². The second-order valence-electron chi connectivity index (χ2n) is 9.27. The highest BCUT2D eigenvalue weighted by Crippen LogP contribution is 2.36. The molecular weight excluding hydrogens is 550 g/mol. The van der Waals surface area contributed by atoms with Crippen LogP contribution in [0.4, 0.5) is 5.13 Å². The summed E-state index contributed by atoms with van der Waals surface area (Å²) >= 11 is 8.05. The average Bonchev–Trinajstić information content (AvgIpc) is 3.33. The van der Waals surface area contributed by atoms with Crippen molar-refractivity contribution >= 4 is 39.9 Å². The predicted molar refractivity (Wildman–Crippen MR) is 156 cm³/mol. The first-order valence-electron chi connectivity index (χ1n) is 12.9. The Morgan fingerprint density at radius 3 is 2.55 bits per heavy atom. The summed E-state index contributed by atoms with van der Waals surface area (Å²) in [6.45, 7) is 2.43. The number of carbonyl (C=O) groups excluding carboxylic acids is 1. The highest BCUT2D eigenvalue weighted by Gasteiger charge is 2.18. The van der Waals surface area contributed by atoms with Crippen molar-refractivity contribution in [3.05, 3.63) is 93.8 Å². The molecule has 1 aliphatic heterocycles. The summed E-state index contributed by atoms with van der Waals surface area (Å²) < 4.78 is 11.6. The van der Waals surface area contributed by atoms with Crippen molar-refractivity contribution in [1.82, 2.24) is 10.3 Å². The number of benzene rings is 3. The molecule has 0 saturated heterocycles. The number of carbonyl (C=O) groups is 2. The molecule has 0 bridgehead atoms. The number of halogens is 1. The van der Waals surface area contributed by atoms with Crippen molar-refractivity contribution in [2.75, 3.05) is 24.7 Å². The summed E-state index contributed by atoms with van der Waals surface area (Å²) in [5.74, 6) is 0.213. The van der Waals surface area contributed by atoms with Crippen LogP contribution in [0, 0.1) is 0 Å². The molecule has 5 rings (SSSR count). The molecule has 0 aliphatic carbocycles. The van der Waals surface area contributed by atoms with Gasteiger partial charge in [0.05, 0.1) is 25.3 Å². The molecule has 1 aliphatic rings. The maximum atomic E-state index is 12.4. The second-order valence-corrected chi connectivity index (χ2v) is 10.5. The van der Waals surface area contributed by atoms with Crippen LogP contribution < -0.4 is 19.7 Å². The Morgan fingerprint density at radius 2 is 1.77 bits per heavy atom. The van der Waals surface area contributed by atoms with Crippen molar-refractivity contribution in [1.29, 1.82) is 0 Å². The van der Waals surface area contributed by atoms with Crippen LogP contribution in [0.25, 0.3) is 11.3 Å². The molecule has 1 aromatic heterocycles. The first-order chi connectivity index (χ1) is 19.5. The van der Waals surface area contributed by atoms with E-state index in [1.54, 1.807) is 23.5 Å². The summed E-state index contributed by atoms with van der Waals surface area (Å²) in [6, 6.07) is 20.9. The maximum Gasteiger partial charge on any atom is 0.305 e. The molecule has 0 saturated carbocycles. The second kappa shape index (κ2) is 12.8. The number of aromatic nitrogens is 1. The third-order valence-corrected chi connectivity index (χ3v) is 7.61. The molecule has 4 aromatic rings. The van der Waals surface area contributed by atoms with Gasteiger partial charge < -0.3 is 24.8 Å². The zero-order valence-electron chi connectivity index (χ0n) is 21.6. The van der Waals surface area contributed by atoms with Crippen molar-refractivity contribution < 1.29 is 24.2 Å². The fourth-order valence-electron chi connectivity index (χ4n) is 4.26. The van der Waals surface area contributed by atoms with Gasteiger partial charge in [-0.2, -0.15) is 0 Å². The van der Waals surface area contributed by atoms with Crippen LogP contribution in [0.3, 0.4) is 0 Å². The maximum absolute atomic E-state index is 12.4. The monoisotopic (exact) mass is 577 g/mol. The molecule has 0 fully saturated rings. The quantitative estimate of drug-likeness (QED) is 0.237. The molecule has 40 heavy (non-hydrogen) atoms. The van der Waals surface area contributed by atoms with Crippen molar-refractivity contribution in [3.63, 3.8) is 0 Å². The van der Waals surface area contributed by atoms with Crippen LogP contribution in [0.1, 0.15) is 34.3 Å². The molecule has 0 atom stereocenters. The van der Waals surface area contributed by atoms with Crippen LogP contribution in [0.5, 0.6) is 11.5 Å². The van der Waals surface area contributed by atoms with Gasteiger partial charge in [-0.3, -0.25) is 9.59 Å². The summed E-state index contributed by atoms with van der Waals surface area (Å²) in [7, 11) is 0. The minimum atomic E-state index is -0.955. The number of nitrogens with one attached hydrogen (secondary N) is 1. The van der Waals surface area contributed by atoms with E-state index >= 15 is 0 Å². The Hall–Kier alpha value is -4.08. The zero-order valence-corrected chi connectivity index (χ0v) is 23.2. The number of anilines is 1. The minimum absolute atomic E-state index is 0.0806. The van der Waals surface area contributed by atoms with Gasteiger partial charge >= 0.3 is 5.97 Å². The number of aliphatic carboxylic acids is 1. The zero-order chi connectivity index (χ0) is 27.9. The largest absolute Gasteiger partial charge is 0.490 e. The third kappa shape index (κ3) is 6.91. The molecular formula is C30H28ClN3O5S. The fourth-order valence-corrected chi connectivity index (χ4v) is 5.29. The standard InChI is InChI=1S/C30H28ClN3O5S/c31-24-5-2-1-4-23(24)18-34(17-20-6-8-21(9-7-20)29(37)32-13-12-28(35)36)30-33-25(19-40-30)22-10-11-26-27(16-22)39-15-3-14-38-26/h1-2,4-11,16,19H,3,12-15,17-18H2,(H,32,37)(H,35,36). The van der Waals surface area contributed by atoms with Gasteiger partial charge in [-0.05, 0) is 47.5 Å². The number of rotatable bonds is 10. The van der Waals surface area contributed by atoms with Gasteiger partial charge in [0.2, 0.25) is 0 Å². The molecule has 0 unspecified atom stereocenters. The average molecular weight is 578 g/mol. The summed E-state index contributed by atoms with van der Waals surface area (Å²) in [5, 5.41) is 14.9. The lowest BCUT2D eigenvalue weighted by atomic mass is 10.1. The number of carboxylic acid groups (broad SMARTS) is 1. The first-order valence-corrected chi connectivity index (χ1v) is 14.1. The van der Waals surface area contributed by atoms with E-state index in [0.717, 1.165) is 45.4 Å². The van der Waals surface area contributed by atoms with Crippen molar-refractivity contribution in [2.24, 2.45) is 0 Å². The van der Waals surface area contributed by atoms with Gasteiger partial charge in [0.15, 0.2) is 16.6 Å². The Bertz CT molecular complexity index is 1490. The number of carboxylic acids is 1. The lowest BCUT2D eigenvalue weighted by Crippen LogP contribution is -2.26. The molecule has 1 amide bonds. The van der Waals surface area contributed by atoms with Crippen molar-refractivity contribution in [3.8, 4) is 22.8 Å². The lowest BCUT2D eigenvalue weighted by Gasteiger charge is -2.23. The van der Waals surface area contributed by atoms with E-state index in [0.29, 0.717) is 36.9 Å². The highest BCUT2D eigenvalue weighted by molar-refractivity contribution is 7.14. The number of amides is 1. The first kappa shape index (κ1) is 27.5. The number of thiazole rings is 1. The number of nitrogens with zero attached hydrogens (tertiary/aromatic N) is 2. The van der Waals surface area contributed by atoms with Crippen LogP contribution >= 0.6 is 22.9 Å². The Balaban J connectivity index is 1.36. The van der Waals surface area contributed by atoms with E-state index < -0.39 is 5.97 Å². The van der Waals surface area contributed by atoms with Gasteiger partial charge in [0.25, 0.3) is 5.91 Å². The van der Waals surface area contributed by atoms with Crippen LogP contribution in [-0.2, 0) is 17.9 Å². The number of hydrogen-bond donors (Lipinski definition) is 2. The van der Waals surface area contributed by atoms with Gasteiger partial charge in [-0.15, -0.1) is 11.3 Å². The Morgan fingerprint density at radius 1 is 1.00 bits per heavy atom. The summed E-state index contributed by atoms with van der Waals surface area (Å²) in [6.07, 6.45) is 0.723. The molecule has 206 valence electrons. The Labute approximate surface area is 241 Å². The van der Waals surface area contributed by atoms with E-state index in [-0.39, 0.29) is 18.9 Å². The fraction of sp³-hybridized carbons (Fsp3) is 0.233.